The van der Waals surface area contributed by atoms with Crippen molar-refractivity contribution >= 4 is 23.1 Å². The molecule has 4 rings (SSSR count). The fourth-order valence-electron chi connectivity index (χ4n) is 3.69. The van der Waals surface area contributed by atoms with E-state index in [4.69, 9.17) is 4.98 Å². The van der Waals surface area contributed by atoms with Gasteiger partial charge in [0.15, 0.2) is 11.0 Å². The predicted molar refractivity (Wildman–Crippen MR) is 134 cm³/mol. The van der Waals surface area contributed by atoms with Crippen molar-refractivity contribution in [3.05, 3.63) is 82.6 Å². The van der Waals surface area contributed by atoms with Gasteiger partial charge in [-0.2, -0.15) is 0 Å². The summed E-state index contributed by atoms with van der Waals surface area (Å²) < 4.78 is 2.27. The molecule has 1 atom stereocenters. The SMILES string of the molecule is CC[C@H](c1nnc(SCc2csc(-c3ccc(C)cc3)n2)n1Cc1ccccc1)N(C)C. The largest absolute Gasteiger partial charge is 0.300 e. The molecule has 2 aromatic heterocycles. The van der Waals surface area contributed by atoms with Gasteiger partial charge in [0.25, 0.3) is 0 Å². The van der Waals surface area contributed by atoms with Gasteiger partial charge in [-0.1, -0.05) is 78.8 Å². The first-order valence-electron chi connectivity index (χ1n) is 10.8. The van der Waals surface area contributed by atoms with Gasteiger partial charge in [0.05, 0.1) is 18.3 Å². The zero-order chi connectivity index (χ0) is 22.5. The first kappa shape index (κ1) is 22.7. The number of nitrogens with zero attached hydrogens (tertiary/aromatic N) is 5. The van der Waals surface area contributed by atoms with Gasteiger partial charge in [-0.3, -0.25) is 4.90 Å². The normalized spacial score (nSPS) is 12.4. The van der Waals surface area contributed by atoms with Crippen LogP contribution in [0.25, 0.3) is 10.6 Å². The fourth-order valence-corrected chi connectivity index (χ4v) is 5.46. The standard InChI is InChI=1S/C25H29N5S2/c1-5-22(29(3)4)23-27-28-25(30(23)15-19-9-7-6-8-10-19)32-17-21-16-31-24(26-21)20-13-11-18(2)12-14-20/h6-14,16,22H,5,15,17H2,1-4H3/t22-/m1/s1. The molecule has 0 amide bonds. The number of aromatic nitrogens is 4. The molecule has 0 aliphatic heterocycles. The van der Waals surface area contributed by atoms with E-state index in [-0.39, 0.29) is 6.04 Å². The predicted octanol–water partition coefficient (Wildman–Crippen LogP) is 6.06. The minimum atomic E-state index is 0.230. The maximum Gasteiger partial charge on any atom is 0.191 e. The zero-order valence-corrected chi connectivity index (χ0v) is 20.7. The summed E-state index contributed by atoms with van der Waals surface area (Å²) in [7, 11) is 4.20. The molecule has 0 aliphatic rings. The third-order valence-electron chi connectivity index (χ3n) is 5.44. The van der Waals surface area contributed by atoms with E-state index in [1.165, 1.54) is 16.7 Å². The van der Waals surface area contributed by atoms with Crippen LogP contribution in [0.4, 0.5) is 0 Å². The molecule has 0 spiro atoms. The average molecular weight is 464 g/mol. The van der Waals surface area contributed by atoms with Crippen LogP contribution in [0.3, 0.4) is 0 Å². The lowest BCUT2D eigenvalue weighted by atomic mass is 10.2. The zero-order valence-electron chi connectivity index (χ0n) is 19.0. The summed E-state index contributed by atoms with van der Waals surface area (Å²) in [5, 5.41) is 13.3. The molecule has 0 saturated carbocycles. The molecule has 2 heterocycles. The molecule has 0 aliphatic carbocycles. The molecular weight excluding hydrogens is 434 g/mol. The Morgan fingerprint density at radius 1 is 1.03 bits per heavy atom. The van der Waals surface area contributed by atoms with Crippen molar-refractivity contribution in [2.45, 2.75) is 43.8 Å². The monoisotopic (exact) mass is 463 g/mol. The molecule has 7 heteroatoms. The molecule has 166 valence electrons. The van der Waals surface area contributed by atoms with E-state index < -0.39 is 0 Å². The highest BCUT2D eigenvalue weighted by molar-refractivity contribution is 7.98. The van der Waals surface area contributed by atoms with Crippen molar-refractivity contribution < 1.29 is 0 Å². The van der Waals surface area contributed by atoms with Crippen LogP contribution < -0.4 is 0 Å². The van der Waals surface area contributed by atoms with Gasteiger partial charge in [-0.15, -0.1) is 21.5 Å². The van der Waals surface area contributed by atoms with Gasteiger partial charge in [0.1, 0.15) is 5.01 Å². The van der Waals surface area contributed by atoms with Crippen LogP contribution >= 0.6 is 23.1 Å². The molecule has 0 fully saturated rings. The summed E-state index contributed by atoms with van der Waals surface area (Å²) in [5.41, 5.74) is 4.76. The van der Waals surface area contributed by atoms with Gasteiger partial charge in [0.2, 0.25) is 0 Å². The van der Waals surface area contributed by atoms with Crippen LogP contribution in [0.2, 0.25) is 0 Å². The maximum atomic E-state index is 4.86. The minimum Gasteiger partial charge on any atom is -0.300 e. The van der Waals surface area contributed by atoms with Crippen LogP contribution in [0, 0.1) is 6.92 Å². The molecule has 2 aromatic carbocycles. The molecule has 0 radical (unpaired) electrons. The van der Waals surface area contributed by atoms with Crippen molar-refractivity contribution in [2.75, 3.05) is 14.1 Å². The topological polar surface area (TPSA) is 46.8 Å². The number of benzene rings is 2. The molecule has 0 saturated heterocycles. The van der Waals surface area contributed by atoms with Crippen LogP contribution in [0.1, 0.15) is 42.0 Å². The summed E-state index contributed by atoms with van der Waals surface area (Å²) >= 11 is 3.40. The quantitative estimate of drug-likeness (QED) is 0.282. The third kappa shape index (κ3) is 5.28. The molecule has 0 bridgehead atoms. The summed E-state index contributed by atoms with van der Waals surface area (Å²) in [4.78, 5) is 7.07. The Labute approximate surface area is 198 Å². The Morgan fingerprint density at radius 2 is 1.78 bits per heavy atom. The Hall–Kier alpha value is -2.48. The van der Waals surface area contributed by atoms with Crippen LogP contribution in [0.5, 0.6) is 0 Å². The summed E-state index contributed by atoms with van der Waals surface area (Å²) in [5.74, 6) is 1.79. The van der Waals surface area contributed by atoms with Crippen LogP contribution in [0.15, 0.2) is 65.1 Å². The van der Waals surface area contributed by atoms with Crippen molar-refractivity contribution in [1.82, 2.24) is 24.6 Å². The second-order valence-corrected chi connectivity index (χ2v) is 9.90. The van der Waals surface area contributed by atoms with Crippen molar-refractivity contribution in [1.29, 1.82) is 0 Å². The van der Waals surface area contributed by atoms with E-state index in [2.05, 4.69) is 108 Å². The number of thiazole rings is 1. The Bertz CT molecular complexity index is 1130. The van der Waals surface area contributed by atoms with Crippen molar-refractivity contribution in [2.24, 2.45) is 0 Å². The lowest BCUT2D eigenvalue weighted by molar-refractivity contribution is 0.272. The number of thioether (sulfide) groups is 1. The van der Waals surface area contributed by atoms with E-state index in [9.17, 15) is 0 Å². The molecule has 4 aromatic rings. The van der Waals surface area contributed by atoms with E-state index >= 15 is 0 Å². The number of hydrogen-bond donors (Lipinski definition) is 0. The van der Waals surface area contributed by atoms with Gasteiger partial charge < -0.3 is 4.57 Å². The lowest BCUT2D eigenvalue weighted by Gasteiger charge is -2.23. The minimum absolute atomic E-state index is 0.230. The van der Waals surface area contributed by atoms with Gasteiger partial charge in [-0.05, 0) is 33.0 Å². The van der Waals surface area contributed by atoms with Gasteiger partial charge >= 0.3 is 0 Å². The van der Waals surface area contributed by atoms with E-state index in [1.807, 2.05) is 0 Å². The van der Waals surface area contributed by atoms with Crippen molar-refractivity contribution in [3.8, 4) is 10.6 Å². The number of aryl methyl sites for hydroxylation is 1. The highest BCUT2D eigenvalue weighted by Crippen LogP contribution is 2.30. The number of rotatable bonds is 9. The third-order valence-corrected chi connectivity index (χ3v) is 7.38. The number of hydrogen-bond acceptors (Lipinski definition) is 6. The molecule has 0 unspecified atom stereocenters. The first-order valence-corrected chi connectivity index (χ1v) is 12.7. The van der Waals surface area contributed by atoms with E-state index in [1.54, 1.807) is 23.1 Å². The highest BCUT2D eigenvalue weighted by atomic mass is 32.2. The molecule has 32 heavy (non-hydrogen) atoms. The second-order valence-electron chi connectivity index (χ2n) is 8.10. The molecule has 5 nitrogen and oxygen atoms in total. The maximum absolute atomic E-state index is 4.86. The average Bonchev–Trinajstić information content (AvgIpc) is 3.42. The first-order chi connectivity index (χ1) is 15.5. The summed E-state index contributed by atoms with van der Waals surface area (Å²) in [6, 6.07) is 19.3. The van der Waals surface area contributed by atoms with Crippen LogP contribution in [-0.2, 0) is 12.3 Å². The van der Waals surface area contributed by atoms with Crippen molar-refractivity contribution in [3.63, 3.8) is 0 Å². The summed E-state index contributed by atoms with van der Waals surface area (Å²) in [6.45, 7) is 5.06. The Morgan fingerprint density at radius 3 is 2.47 bits per heavy atom. The van der Waals surface area contributed by atoms with Gasteiger partial charge in [-0.25, -0.2) is 4.98 Å². The molecule has 0 N–H and O–H groups in total. The van der Waals surface area contributed by atoms with E-state index in [0.29, 0.717) is 0 Å². The summed E-state index contributed by atoms with van der Waals surface area (Å²) in [6.07, 6.45) is 0.983. The van der Waals surface area contributed by atoms with Gasteiger partial charge in [0, 0.05) is 16.7 Å². The fraction of sp³-hybridized carbons (Fsp3) is 0.320. The Kier molecular flexibility index (Phi) is 7.40. The highest BCUT2D eigenvalue weighted by Gasteiger charge is 2.22. The smallest absolute Gasteiger partial charge is 0.191 e. The Balaban J connectivity index is 1.55. The van der Waals surface area contributed by atoms with E-state index in [0.717, 1.165) is 40.4 Å². The lowest BCUT2D eigenvalue weighted by Crippen LogP contribution is -2.23. The molecular formula is C25H29N5S2. The van der Waals surface area contributed by atoms with Crippen LogP contribution in [-0.4, -0.2) is 38.7 Å². The second kappa shape index (κ2) is 10.4.